The number of hydrogen-bond donors (Lipinski definition) is 0. The Kier molecular flexibility index (Phi) is 3.88. The van der Waals surface area contributed by atoms with Crippen molar-refractivity contribution in [3.63, 3.8) is 0 Å². The standard InChI is InChI=1S/C12H8F2O3S/c13-9-3-1-5-11(7-9)16-18(15)17-12-6-2-4-10(14)8-12/h1-8H. The molecular weight excluding hydrogens is 262 g/mol. The Bertz CT molecular complexity index is 525. The molecule has 0 atom stereocenters. The highest BCUT2D eigenvalue weighted by Gasteiger charge is 2.07. The third-order valence-corrected chi connectivity index (χ3v) is 2.58. The number of halogens is 2. The highest BCUT2D eigenvalue weighted by Crippen LogP contribution is 2.17. The first kappa shape index (κ1) is 12.5. The first-order chi connectivity index (χ1) is 8.63. The van der Waals surface area contributed by atoms with Gasteiger partial charge in [0.2, 0.25) is 0 Å². The van der Waals surface area contributed by atoms with Crippen molar-refractivity contribution in [1.29, 1.82) is 0 Å². The average Bonchev–Trinajstić information content (AvgIpc) is 2.28. The van der Waals surface area contributed by atoms with Gasteiger partial charge in [0.15, 0.2) is 0 Å². The van der Waals surface area contributed by atoms with Gasteiger partial charge in [0.1, 0.15) is 23.1 Å². The Balaban J connectivity index is 2.01. The molecule has 0 amide bonds. The van der Waals surface area contributed by atoms with Gasteiger partial charge in [-0.05, 0) is 24.3 Å². The van der Waals surface area contributed by atoms with Gasteiger partial charge in [-0.25, -0.2) is 8.78 Å². The molecule has 0 unspecified atom stereocenters. The summed E-state index contributed by atoms with van der Waals surface area (Å²) in [6.07, 6.45) is 0. The van der Waals surface area contributed by atoms with E-state index in [1.54, 1.807) is 0 Å². The largest absolute Gasteiger partial charge is 0.417 e. The summed E-state index contributed by atoms with van der Waals surface area (Å²) in [5, 5.41) is 0. The molecule has 6 heteroatoms. The molecule has 0 radical (unpaired) electrons. The van der Waals surface area contributed by atoms with Gasteiger partial charge in [-0.1, -0.05) is 12.1 Å². The van der Waals surface area contributed by atoms with E-state index in [1.165, 1.54) is 36.4 Å². The third-order valence-electron chi connectivity index (χ3n) is 1.92. The van der Waals surface area contributed by atoms with Crippen LogP contribution in [0.25, 0.3) is 0 Å². The molecule has 0 aromatic heterocycles. The van der Waals surface area contributed by atoms with Crippen molar-refractivity contribution in [1.82, 2.24) is 0 Å². The van der Waals surface area contributed by atoms with Crippen LogP contribution in [0.15, 0.2) is 48.5 Å². The molecule has 0 aliphatic heterocycles. The molecule has 0 bridgehead atoms. The fourth-order valence-electron chi connectivity index (χ4n) is 1.21. The molecule has 2 aromatic rings. The van der Waals surface area contributed by atoms with Crippen LogP contribution < -0.4 is 8.37 Å². The van der Waals surface area contributed by atoms with Crippen molar-refractivity contribution in [2.24, 2.45) is 0 Å². The van der Waals surface area contributed by atoms with Crippen molar-refractivity contribution < 1.29 is 21.4 Å². The molecule has 0 saturated carbocycles. The Morgan fingerprint density at radius 1 is 0.833 bits per heavy atom. The maximum Gasteiger partial charge on any atom is 0.417 e. The fourth-order valence-corrected chi connectivity index (χ4v) is 1.77. The number of rotatable bonds is 4. The van der Waals surface area contributed by atoms with Gasteiger partial charge in [0.05, 0.1) is 0 Å². The molecule has 18 heavy (non-hydrogen) atoms. The summed E-state index contributed by atoms with van der Waals surface area (Å²) in [5.41, 5.74) is 0. The van der Waals surface area contributed by atoms with E-state index in [9.17, 15) is 13.0 Å². The van der Waals surface area contributed by atoms with Crippen molar-refractivity contribution in [3.8, 4) is 11.5 Å². The zero-order valence-electron chi connectivity index (χ0n) is 9.01. The highest BCUT2D eigenvalue weighted by atomic mass is 32.2. The molecule has 94 valence electrons. The minimum Gasteiger partial charge on any atom is -0.371 e. The number of benzene rings is 2. The van der Waals surface area contributed by atoms with Gasteiger partial charge < -0.3 is 8.37 Å². The van der Waals surface area contributed by atoms with Gasteiger partial charge in [-0.2, -0.15) is 4.21 Å². The van der Waals surface area contributed by atoms with Crippen LogP contribution in [0.3, 0.4) is 0 Å². The Morgan fingerprint density at radius 2 is 1.28 bits per heavy atom. The van der Waals surface area contributed by atoms with Crippen LogP contribution in [0, 0.1) is 11.6 Å². The van der Waals surface area contributed by atoms with Crippen molar-refractivity contribution in [2.45, 2.75) is 0 Å². The van der Waals surface area contributed by atoms with Crippen LogP contribution in [-0.2, 0) is 11.4 Å². The predicted molar refractivity (Wildman–Crippen MR) is 62.2 cm³/mol. The molecule has 0 fully saturated rings. The molecule has 0 spiro atoms. The van der Waals surface area contributed by atoms with Crippen LogP contribution in [0.2, 0.25) is 0 Å². The lowest BCUT2D eigenvalue weighted by Crippen LogP contribution is -2.08. The van der Waals surface area contributed by atoms with E-state index in [0.29, 0.717) is 0 Å². The van der Waals surface area contributed by atoms with E-state index < -0.39 is 23.0 Å². The average molecular weight is 270 g/mol. The SMILES string of the molecule is O=S(Oc1cccc(F)c1)Oc1cccc(F)c1. The second-order valence-corrected chi connectivity index (χ2v) is 4.03. The first-order valence-corrected chi connectivity index (χ1v) is 5.93. The van der Waals surface area contributed by atoms with Crippen molar-refractivity contribution in [3.05, 3.63) is 60.2 Å². The van der Waals surface area contributed by atoms with Gasteiger partial charge in [-0.3, -0.25) is 0 Å². The second-order valence-electron chi connectivity index (χ2n) is 3.29. The van der Waals surface area contributed by atoms with Crippen LogP contribution >= 0.6 is 0 Å². The monoisotopic (exact) mass is 270 g/mol. The van der Waals surface area contributed by atoms with Crippen LogP contribution in [0.5, 0.6) is 11.5 Å². The second kappa shape index (κ2) is 5.59. The predicted octanol–water partition coefficient (Wildman–Crippen LogP) is 3.00. The topological polar surface area (TPSA) is 35.5 Å². The summed E-state index contributed by atoms with van der Waals surface area (Å²) in [6, 6.07) is 10.2. The van der Waals surface area contributed by atoms with Gasteiger partial charge >= 0.3 is 11.4 Å². The van der Waals surface area contributed by atoms with Crippen LogP contribution in [0.4, 0.5) is 8.78 Å². The third kappa shape index (κ3) is 3.53. The molecule has 0 aliphatic carbocycles. The Morgan fingerprint density at radius 3 is 1.67 bits per heavy atom. The van der Waals surface area contributed by atoms with E-state index in [0.717, 1.165) is 12.1 Å². The van der Waals surface area contributed by atoms with Crippen LogP contribution in [-0.4, -0.2) is 4.21 Å². The quantitative estimate of drug-likeness (QED) is 0.856. The molecule has 0 saturated heterocycles. The molecule has 3 nitrogen and oxygen atoms in total. The molecule has 2 rings (SSSR count). The zero-order chi connectivity index (χ0) is 13.0. The first-order valence-electron chi connectivity index (χ1n) is 4.93. The normalized spacial score (nSPS) is 10.4. The Hall–Kier alpha value is -1.95. The smallest absolute Gasteiger partial charge is 0.371 e. The maximum absolute atomic E-state index is 12.8. The van der Waals surface area contributed by atoms with Crippen molar-refractivity contribution in [2.75, 3.05) is 0 Å². The molecule has 0 heterocycles. The fraction of sp³-hybridized carbons (Fsp3) is 0. The summed E-state index contributed by atoms with van der Waals surface area (Å²) >= 11 is -2.17. The summed E-state index contributed by atoms with van der Waals surface area (Å²) < 4.78 is 46.7. The maximum atomic E-state index is 12.8. The molecule has 2 aromatic carbocycles. The summed E-state index contributed by atoms with van der Waals surface area (Å²) in [7, 11) is 0. The molecular formula is C12H8F2O3S. The minimum atomic E-state index is -2.17. The lowest BCUT2D eigenvalue weighted by atomic mass is 10.3. The van der Waals surface area contributed by atoms with E-state index in [2.05, 4.69) is 0 Å². The number of hydrogen-bond acceptors (Lipinski definition) is 3. The van der Waals surface area contributed by atoms with Gasteiger partial charge in [-0.15, -0.1) is 0 Å². The van der Waals surface area contributed by atoms with Gasteiger partial charge in [0.25, 0.3) is 0 Å². The van der Waals surface area contributed by atoms with E-state index in [1.807, 2.05) is 0 Å². The summed E-state index contributed by atoms with van der Waals surface area (Å²) in [6.45, 7) is 0. The lowest BCUT2D eigenvalue weighted by Gasteiger charge is -2.05. The summed E-state index contributed by atoms with van der Waals surface area (Å²) in [4.78, 5) is 0. The Labute approximate surface area is 105 Å². The van der Waals surface area contributed by atoms with Gasteiger partial charge in [0, 0.05) is 12.1 Å². The summed E-state index contributed by atoms with van der Waals surface area (Å²) in [5.74, 6) is -0.917. The lowest BCUT2D eigenvalue weighted by molar-refractivity contribution is 0.458. The minimum absolute atomic E-state index is 0.0599. The van der Waals surface area contributed by atoms with E-state index in [4.69, 9.17) is 8.37 Å². The van der Waals surface area contributed by atoms with E-state index in [-0.39, 0.29) is 11.5 Å². The molecule has 0 N–H and O–H groups in total. The zero-order valence-corrected chi connectivity index (χ0v) is 9.82. The van der Waals surface area contributed by atoms with E-state index >= 15 is 0 Å². The van der Waals surface area contributed by atoms with Crippen LogP contribution in [0.1, 0.15) is 0 Å². The molecule has 0 aliphatic rings. The highest BCUT2D eigenvalue weighted by molar-refractivity contribution is 7.75. The van der Waals surface area contributed by atoms with Crippen molar-refractivity contribution >= 4 is 11.4 Å².